The largest absolute Gasteiger partial charge is 0.466 e. The van der Waals surface area contributed by atoms with Crippen molar-refractivity contribution in [2.45, 2.75) is 33.1 Å². The normalized spacial score (nSPS) is 22.9. The number of hydrogen-bond acceptors (Lipinski definition) is 2. The van der Waals surface area contributed by atoms with Crippen LogP contribution in [0, 0.1) is 5.92 Å². The number of hydrogen-bond donors (Lipinski definition) is 0. The first-order chi connectivity index (χ1) is 6.63. The second-order valence-corrected chi connectivity index (χ2v) is 3.93. The van der Waals surface area contributed by atoms with Crippen LogP contribution < -0.4 is 0 Å². The number of allylic oxidation sites excluding steroid dienone is 3. The van der Waals surface area contributed by atoms with Crippen molar-refractivity contribution in [1.29, 1.82) is 0 Å². The molecule has 1 atom stereocenters. The fourth-order valence-corrected chi connectivity index (χ4v) is 1.74. The van der Waals surface area contributed by atoms with Crippen molar-refractivity contribution in [3.63, 3.8) is 0 Å². The van der Waals surface area contributed by atoms with Crippen molar-refractivity contribution in [3.8, 4) is 0 Å². The standard InChI is InChI=1S/C12H18O2/c1-9-4-6-11(7-5-9)10(2)8-12(13)14-3/h4,8,11H,5-7H2,1-3H3/b10-8-/t11-/m1/s1. The molecule has 2 heteroatoms. The highest BCUT2D eigenvalue weighted by Crippen LogP contribution is 2.28. The van der Waals surface area contributed by atoms with Crippen molar-refractivity contribution < 1.29 is 9.53 Å². The third-order valence-electron chi connectivity index (χ3n) is 2.83. The molecule has 1 aliphatic rings. The van der Waals surface area contributed by atoms with E-state index in [9.17, 15) is 4.79 Å². The molecule has 0 spiro atoms. The van der Waals surface area contributed by atoms with Crippen molar-refractivity contribution >= 4 is 5.97 Å². The maximum absolute atomic E-state index is 11.0. The van der Waals surface area contributed by atoms with Gasteiger partial charge < -0.3 is 4.74 Å². The summed E-state index contributed by atoms with van der Waals surface area (Å²) in [5.41, 5.74) is 2.60. The molecule has 0 saturated carbocycles. The van der Waals surface area contributed by atoms with Crippen LogP contribution in [-0.2, 0) is 9.53 Å². The summed E-state index contributed by atoms with van der Waals surface area (Å²) in [7, 11) is 1.41. The molecule has 0 amide bonds. The molecule has 0 unspecified atom stereocenters. The van der Waals surface area contributed by atoms with Crippen molar-refractivity contribution in [1.82, 2.24) is 0 Å². The number of esters is 1. The fourth-order valence-electron chi connectivity index (χ4n) is 1.74. The summed E-state index contributed by atoms with van der Waals surface area (Å²) in [5.74, 6) is 0.284. The molecule has 0 aliphatic heterocycles. The van der Waals surface area contributed by atoms with Crippen LogP contribution in [0.1, 0.15) is 33.1 Å². The molecule has 14 heavy (non-hydrogen) atoms. The van der Waals surface area contributed by atoms with Crippen LogP contribution in [0.15, 0.2) is 23.3 Å². The molecule has 0 aromatic carbocycles. The first-order valence-corrected chi connectivity index (χ1v) is 5.05. The minimum absolute atomic E-state index is 0.242. The first-order valence-electron chi connectivity index (χ1n) is 5.05. The summed E-state index contributed by atoms with van der Waals surface area (Å²) >= 11 is 0. The number of rotatable bonds is 2. The predicted octanol–water partition coefficient (Wildman–Crippen LogP) is 2.85. The lowest BCUT2D eigenvalue weighted by molar-refractivity contribution is -0.134. The Morgan fingerprint density at radius 2 is 2.36 bits per heavy atom. The molecular formula is C12H18O2. The zero-order chi connectivity index (χ0) is 10.6. The Kier molecular flexibility index (Phi) is 3.93. The second-order valence-electron chi connectivity index (χ2n) is 3.93. The van der Waals surface area contributed by atoms with E-state index in [2.05, 4.69) is 17.7 Å². The Labute approximate surface area is 85.6 Å². The maximum atomic E-state index is 11.0. The average Bonchev–Trinajstić information content (AvgIpc) is 2.18. The Morgan fingerprint density at radius 3 is 2.86 bits per heavy atom. The average molecular weight is 194 g/mol. The lowest BCUT2D eigenvalue weighted by Crippen LogP contribution is -2.08. The van der Waals surface area contributed by atoms with Gasteiger partial charge in [0, 0.05) is 6.08 Å². The molecule has 2 nitrogen and oxygen atoms in total. The molecule has 0 N–H and O–H groups in total. The highest BCUT2D eigenvalue weighted by Gasteiger charge is 2.14. The molecular weight excluding hydrogens is 176 g/mol. The fraction of sp³-hybridized carbons (Fsp3) is 0.583. The summed E-state index contributed by atoms with van der Waals surface area (Å²) < 4.78 is 4.60. The molecule has 0 fully saturated rings. The first kappa shape index (κ1) is 11.0. The molecule has 0 aromatic rings. The maximum Gasteiger partial charge on any atom is 0.330 e. The summed E-state index contributed by atoms with van der Waals surface area (Å²) in [6, 6.07) is 0. The van der Waals surface area contributed by atoms with Gasteiger partial charge in [-0.25, -0.2) is 4.79 Å². The Bertz CT molecular complexity index is 274. The molecule has 0 aromatic heterocycles. The van der Waals surface area contributed by atoms with Gasteiger partial charge in [0.15, 0.2) is 0 Å². The topological polar surface area (TPSA) is 26.3 Å². The molecule has 78 valence electrons. The van der Waals surface area contributed by atoms with Gasteiger partial charge in [-0.1, -0.05) is 17.2 Å². The van der Waals surface area contributed by atoms with Crippen LogP contribution in [0.5, 0.6) is 0 Å². The lowest BCUT2D eigenvalue weighted by atomic mass is 9.85. The van der Waals surface area contributed by atoms with E-state index in [1.54, 1.807) is 6.08 Å². The molecule has 1 aliphatic carbocycles. The Morgan fingerprint density at radius 1 is 1.64 bits per heavy atom. The van der Waals surface area contributed by atoms with Gasteiger partial charge in [0.25, 0.3) is 0 Å². The van der Waals surface area contributed by atoms with Crippen molar-refractivity contribution in [2.24, 2.45) is 5.92 Å². The zero-order valence-corrected chi connectivity index (χ0v) is 9.17. The third-order valence-corrected chi connectivity index (χ3v) is 2.83. The van der Waals surface area contributed by atoms with Gasteiger partial charge in [-0.05, 0) is 39.0 Å². The molecule has 0 saturated heterocycles. The highest BCUT2D eigenvalue weighted by atomic mass is 16.5. The summed E-state index contributed by atoms with van der Waals surface area (Å²) in [6.45, 7) is 4.17. The quantitative estimate of drug-likeness (QED) is 0.384. The Hall–Kier alpha value is -1.05. The van der Waals surface area contributed by atoms with E-state index in [1.165, 1.54) is 12.7 Å². The number of carbonyl (C=O) groups is 1. The van der Waals surface area contributed by atoms with Crippen LogP contribution >= 0.6 is 0 Å². The minimum Gasteiger partial charge on any atom is -0.466 e. The summed E-state index contributed by atoms with van der Waals surface area (Å²) in [6.07, 6.45) is 7.24. The highest BCUT2D eigenvalue weighted by molar-refractivity contribution is 5.82. The molecule has 0 heterocycles. The minimum atomic E-state index is -0.242. The van der Waals surface area contributed by atoms with E-state index in [0.29, 0.717) is 5.92 Å². The molecule has 0 radical (unpaired) electrons. The van der Waals surface area contributed by atoms with Crippen molar-refractivity contribution in [3.05, 3.63) is 23.3 Å². The van der Waals surface area contributed by atoms with Crippen LogP contribution in [0.4, 0.5) is 0 Å². The van der Waals surface area contributed by atoms with Gasteiger partial charge in [-0.3, -0.25) is 0 Å². The van der Waals surface area contributed by atoms with Gasteiger partial charge in [-0.15, -0.1) is 0 Å². The number of ether oxygens (including phenoxy) is 1. The third kappa shape index (κ3) is 3.02. The van der Waals surface area contributed by atoms with Gasteiger partial charge in [0.1, 0.15) is 0 Å². The number of methoxy groups -OCH3 is 1. The summed E-state index contributed by atoms with van der Waals surface area (Å²) in [4.78, 5) is 11.0. The van der Waals surface area contributed by atoms with Crippen LogP contribution in [0.25, 0.3) is 0 Å². The zero-order valence-electron chi connectivity index (χ0n) is 9.17. The van der Waals surface area contributed by atoms with E-state index in [1.807, 2.05) is 6.92 Å². The van der Waals surface area contributed by atoms with E-state index in [-0.39, 0.29) is 5.97 Å². The van der Waals surface area contributed by atoms with E-state index < -0.39 is 0 Å². The van der Waals surface area contributed by atoms with E-state index in [4.69, 9.17) is 0 Å². The summed E-state index contributed by atoms with van der Waals surface area (Å²) in [5, 5.41) is 0. The van der Waals surface area contributed by atoms with Gasteiger partial charge in [0.05, 0.1) is 7.11 Å². The van der Waals surface area contributed by atoms with Gasteiger partial charge in [0.2, 0.25) is 0 Å². The van der Waals surface area contributed by atoms with Gasteiger partial charge in [-0.2, -0.15) is 0 Å². The van der Waals surface area contributed by atoms with Crippen molar-refractivity contribution in [2.75, 3.05) is 7.11 Å². The van der Waals surface area contributed by atoms with Crippen LogP contribution in [0.3, 0.4) is 0 Å². The Balaban J connectivity index is 2.58. The number of carbonyl (C=O) groups excluding carboxylic acids is 1. The van der Waals surface area contributed by atoms with Gasteiger partial charge >= 0.3 is 5.97 Å². The monoisotopic (exact) mass is 194 g/mol. The molecule has 1 rings (SSSR count). The second kappa shape index (κ2) is 4.99. The van der Waals surface area contributed by atoms with Crippen LogP contribution in [0.2, 0.25) is 0 Å². The predicted molar refractivity (Wildman–Crippen MR) is 56.9 cm³/mol. The SMILES string of the molecule is COC(=O)/C=C(/C)[C@@H]1CC=C(C)CC1. The van der Waals surface area contributed by atoms with E-state index in [0.717, 1.165) is 24.8 Å². The molecule has 0 bridgehead atoms. The van der Waals surface area contributed by atoms with E-state index >= 15 is 0 Å². The van der Waals surface area contributed by atoms with Crippen LogP contribution in [-0.4, -0.2) is 13.1 Å². The lowest BCUT2D eigenvalue weighted by Gasteiger charge is -2.20. The smallest absolute Gasteiger partial charge is 0.330 e.